The molecule has 0 saturated heterocycles. The van der Waals surface area contributed by atoms with Gasteiger partial charge in [-0.15, -0.1) is 11.3 Å². The van der Waals surface area contributed by atoms with Crippen LogP contribution >= 0.6 is 11.3 Å². The van der Waals surface area contributed by atoms with Gasteiger partial charge in [-0.3, -0.25) is 14.5 Å². The molecule has 1 unspecified atom stereocenters. The van der Waals surface area contributed by atoms with E-state index in [1.807, 2.05) is 24.4 Å². The number of amides is 2. The first-order valence-corrected chi connectivity index (χ1v) is 10.1. The Bertz CT molecular complexity index is 812. The van der Waals surface area contributed by atoms with Crippen LogP contribution in [0.3, 0.4) is 0 Å². The molecule has 2 aliphatic rings. The van der Waals surface area contributed by atoms with Gasteiger partial charge in [-0.05, 0) is 30.9 Å². The first-order chi connectivity index (χ1) is 12.6. The number of nitrogens with one attached hydrogen (secondary N) is 1. The number of benzene rings is 1. The van der Waals surface area contributed by atoms with Crippen LogP contribution in [0.15, 0.2) is 29.8 Å². The molecule has 1 aromatic heterocycles. The molecule has 1 atom stereocenters. The van der Waals surface area contributed by atoms with Gasteiger partial charge >= 0.3 is 0 Å². The van der Waals surface area contributed by atoms with Crippen LogP contribution in [0.2, 0.25) is 0 Å². The maximum Gasteiger partial charge on any atom is 0.249 e. The van der Waals surface area contributed by atoms with Gasteiger partial charge in [0.15, 0.2) is 5.13 Å². The number of thiazole rings is 1. The lowest BCUT2D eigenvalue weighted by atomic mass is 9.96. The first-order valence-electron chi connectivity index (χ1n) is 9.24. The smallest absolute Gasteiger partial charge is 0.249 e. The number of carbonyl (C=O) groups is 2. The molecule has 1 aromatic carbocycles. The second-order valence-electron chi connectivity index (χ2n) is 7.30. The van der Waals surface area contributed by atoms with E-state index in [9.17, 15) is 9.59 Å². The zero-order valence-corrected chi connectivity index (χ0v) is 15.7. The number of fused-ring (bicyclic) bond motifs is 1. The number of rotatable bonds is 5. The van der Waals surface area contributed by atoms with Crippen molar-refractivity contribution >= 4 is 34.0 Å². The molecular formula is C20H23N3O2S. The van der Waals surface area contributed by atoms with Gasteiger partial charge in [0.1, 0.15) is 6.04 Å². The molecule has 6 heteroatoms. The van der Waals surface area contributed by atoms with Crippen LogP contribution in [0.4, 0.5) is 10.8 Å². The normalized spacial score (nSPS) is 18.2. The standard InChI is InChI=1S/C20H23N3O2S/c1-13-6-7-16-15(10-13)12-18(24)23(16)17(11-14-4-2-3-5-14)19(25)22-20-21-8-9-26-20/h6-10,14,17H,2-5,11-12H2,1H3,(H,21,22,25). The highest BCUT2D eigenvalue weighted by molar-refractivity contribution is 7.13. The fraction of sp³-hybridized carbons (Fsp3) is 0.450. The van der Waals surface area contributed by atoms with E-state index in [1.54, 1.807) is 11.1 Å². The lowest BCUT2D eigenvalue weighted by Crippen LogP contribution is -2.47. The second kappa shape index (κ2) is 7.19. The Balaban J connectivity index is 1.63. The molecule has 5 nitrogen and oxygen atoms in total. The van der Waals surface area contributed by atoms with Gasteiger partial charge in [0.2, 0.25) is 11.8 Å². The minimum atomic E-state index is -0.474. The second-order valence-corrected chi connectivity index (χ2v) is 8.20. The minimum Gasteiger partial charge on any atom is -0.300 e. The summed E-state index contributed by atoms with van der Waals surface area (Å²) >= 11 is 1.40. The Labute approximate surface area is 157 Å². The van der Waals surface area contributed by atoms with Crippen LogP contribution < -0.4 is 10.2 Å². The summed E-state index contributed by atoms with van der Waals surface area (Å²) in [5.41, 5.74) is 3.05. The summed E-state index contributed by atoms with van der Waals surface area (Å²) in [6.45, 7) is 2.03. The van der Waals surface area contributed by atoms with Gasteiger partial charge in [-0.1, -0.05) is 43.4 Å². The molecule has 0 spiro atoms. The Morgan fingerprint density at radius 1 is 1.38 bits per heavy atom. The predicted molar refractivity (Wildman–Crippen MR) is 103 cm³/mol. The third-order valence-electron chi connectivity index (χ3n) is 5.41. The maximum absolute atomic E-state index is 13.1. The Morgan fingerprint density at radius 3 is 2.92 bits per heavy atom. The lowest BCUT2D eigenvalue weighted by molar-refractivity contribution is -0.123. The molecular weight excluding hydrogens is 346 g/mol. The van der Waals surface area contributed by atoms with Gasteiger partial charge in [0.05, 0.1) is 6.42 Å². The molecule has 2 amide bonds. The number of anilines is 2. The number of hydrogen-bond donors (Lipinski definition) is 1. The van der Waals surface area contributed by atoms with Crippen molar-refractivity contribution < 1.29 is 9.59 Å². The van der Waals surface area contributed by atoms with E-state index in [-0.39, 0.29) is 11.8 Å². The van der Waals surface area contributed by atoms with Gasteiger partial charge < -0.3 is 5.32 Å². The molecule has 0 radical (unpaired) electrons. The Hall–Kier alpha value is -2.21. The van der Waals surface area contributed by atoms with Crippen molar-refractivity contribution in [1.29, 1.82) is 0 Å². The quantitative estimate of drug-likeness (QED) is 0.869. The third kappa shape index (κ3) is 3.38. The van der Waals surface area contributed by atoms with E-state index in [0.29, 0.717) is 17.5 Å². The molecule has 2 heterocycles. The first kappa shape index (κ1) is 17.2. The van der Waals surface area contributed by atoms with Crippen molar-refractivity contribution in [2.24, 2.45) is 5.92 Å². The molecule has 0 bridgehead atoms. The van der Waals surface area contributed by atoms with E-state index in [0.717, 1.165) is 36.1 Å². The largest absolute Gasteiger partial charge is 0.300 e. The van der Waals surface area contributed by atoms with E-state index in [1.165, 1.54) is 24.2 Å². The fourth-order valence-electron chi connectivity index (χ4n) is 4.18. The van der Waals surface area contributed by atoms with Crippen LogP contribution in [0, 0.1) is 12.8 Å². The summed E-state index contributed by atoms with van der Waals surface area (Å²) in [6, 6.07) is 5.57. The molecule has 1 N–H and O–H groups in total. The summed E-state index contributed by atoms with van der Waals surface area (Å²) < 4.78 is 0. The number of hydrogen-bond acceptors (Lipinski definition) is 4. The Kier molecular flexibility index (Phi) is 4.76. The van der Waals surface area contributed by atoms with Gasteiger partial charge in [0.25, 0.3) is 0 Å². The van der Waals surface area contributed by atoms with Crippen molar-refractivity contribution in [3.63, 3.8) is 0 Å². The summed E-state index contributed by atoms with van der Waals surface area (Å²) in [5.74, 6) is 0.390. The summed E-state index contributed by atoms with van der Waals surface area (Å²) in [6.07, 6.45) is 7.49. The van der Waals surface area contributed by atoms with Crippen molar-refractivity contribution in [3.8, 4) is 0 Å². The maximum atomic E-state index is 13.1. The average Bonchev–Trinajstić information content (AvgIpc) is 3.33. The zero-order valence-electron chi connectivity index (χ0n) is 14.9. The molecule has 1 saturated carbocycles. The van der Waals surface area contributed by atoms with Crippen molar-refractivity contribution in [1.82, 2.24) is 4.98 Å². The predicted octanol–water partition coefficient (Wildman–Crippen LogP) is 3.93. The van der Waals surface area contributed by atoms with Crippen molar-refractivity contribution in [2.45, 2.75) is 51.5 Å². The lowest BCUT2D eigenvalue weighted by Gasteiger charge is -2.29. The SMILES string of the molecule is Cc1ccc2c(c1)CC(=O)N2C(CC1CCCC1)C(=O)Nc1nccs1. The average molecular weight is 369 g/mol. The van der Waals surface area contributed by atoms with Crippen molar-refractivity contribution in [2.75, 3.05) is 10.2 Å². The monoisotopic (exact) mass is 369 g/mol. The molecule has 1 fully saturated rings. The highest BCUT2D eigenvalue weighted by Gasteiger charge is 2.38. The number of aromatic nitrogens is 1. The molecule has 1 aliphatic carbocycles. The summed E-state index contributed by atoms with van der Waals surface area (Å²) in [5, 5.41) is 5.33. The molecule has 1 aliphatic heterocycles. The topological polar surface area (TPSA) is 62.3 Å². The number of aryl methyl sites for hydroxylation is 1. The zero-order chi connectivity index (χ0) is 18.1. The van der Waals surface area contributed by atoms with E-state index < -0.39 is 6.04 Å². The van der Waals surface area contributed by atoms with Gasteiger partial charge in [-0.25, -0.2) is 4.98 Å². The highest BCUT2D eigenvalue weighted by Crippen LogP contribution is 2.36. The Morgan fingerprint density at radius 2 is 2.19 bits per heavy atom. The van der Waals surface area contributed by atoms with Crippen LogP contribution in [-0.2, 0) is 16.0 Å². The number of carbonyl (C=O) groups excluding carboxylic acids is 2. The fourth-order valence-corrected chi connectivity index (χ4v) is 4.71. The highest BCUT2D eigenvalue weighted by atomic mass is 32.1. The van der Waals surface area contributed by atoms with Crippen LogP contribution in [-0.4, -0.2) is 22.8 Å². The van der Waals surface area contributed by atoms with E-state index in [4.69, 9.17) is 0 Å². The summed E-state index contributed by atoms with van der Waals surface area (Å²) in [7, 11) is 0. The van der Waals surface area contributed by atoms with Gasteiger partial charge in [0, 0.05) is 17.3 Å². The molecule has 2 aromatic rings. The van der Waals surface area contributed by atoms with Gasteiger partial charge in [-0.2, -0.15) is 0 Å². The minimum absolute atomic E-state index is 0.0166. The van der Waals surface area contributed by atoms with E-state index in [2.05, 4.69) is 16.4 Å². The third-order valence-corrected chi connectivity index (χ3v) is 6.10. The van der Waals surface area contributed by atoms with Crippen LogP contribution in [0.25, 0.3) is 0 Å². The van der Waals surface area contributed by atoms with E-state index >= 15 is 0 Å². The number of nitrogens with zero attached hydrogens (tertiary/aromatic N) is 2. The molecule has 136 valence electrons. The van der Waals surface area contributed by atoms with Crippen LogP contribution in [0.5, 0.6) is 0 Å². The molecule has 26 heavy (non-hydrogen) atoms. The van der Waals surface area contributed by atoms with Crippen molar-refractivity contribution in [3.05, 3.63) is 40.9 Å². The molecule has 4 rings (SSSR count). The summed E-state index contributed by atoms with van der Waals surface area (Å²) in [4.78, 5) is 31.8. The van der Waals surface area contributed by atoms with Crippen LogP contribution in [0.1, 0.15) is 43.2 Å².